The number of rotatable bonds is 4. The summed E-state index contributed by atoms with van der Waals surface area (Å²) in [6.45, 7) is -0.372. The minimum atomic E-state index is -0.729. The number of nitrogens with one attached hydrogen (secondary N) is 2. The number of nitrogens with zero attached hydrogens (tertiary/aromatic N) is 1. The van der Waals surface area contributed by atoms with Crippen LogP contribution in [0.1, 0.15) is 10.5 Å². The van der Waals surface area contributed by atoms with Gasteiger partial charge in [0.25, 0.3) is 11.8 Å². The molecule has 0 saturated heterocycles. The molecular weight excluding hydrogens is 348 g/mol. The Morgan fingerprint density at radius 3 is 2.48 bits per heavy atom. The van der Waals surface area contributed by atoms with Crippen molar-refractivity contribution in [3.63, 3.8) is 0 Å². The van der Waals surface area contributed by atoms with E-state index in [2.05, 4.69) is 15.8 Å². The van der Waals surface area contributed by atoms with Crippen LogP contribution < -0.4 is 15.6 Å². The molecule has 2 amide bonds. The smallest absolute Gasteiger partial charge is 0.289 e. The summed E-state index contributed by atoms with van der Waals surface area (Å²) in [5, 5.41) is 0.175. The van der Waals surface area contributed by atoms with Gasteiger partial charge in [0.1, 0.15) is 22.4 Å². The van der Waals surface area contributed by atoms with Crippen LogP contribution >= 0.6 is 23.2 Å². The summed E-state index contributed by atoms with van der Waals surface area (Å²) >= 11 is 11.5. The number of hydrogen-bond donors (Lipinski definition) is 2. The third kappa shape index (κ3) is 5.08. The topological polar surface area (TPSA) is 80.3 Å². The lowest BCUT2D eigenvalue weighted by atomic mass is 10.3. The number of aromatic nitrogens is 1. The molecule has 1 aromatic heterocycles. The molecule has 0 aliphatic carbocycles. The van der Waals surface area contributed by atoms with Crippen LogP contribution in [0, 0.1) is 5.82 Å². The normalized spacial score (nSPS) is 10.0. The first-order valence-corrected chi connectivity index (χ1v) is 7.01. The molecule has 0 spiro atoms. The van der Waals surface area contributed by atoms with Crippen LogP contribution in [0.3, 0.4) is 0 Å². The van der Waals surface area contributed by atoms with Crippen LogP contribution in [0.4, 0.5) is 4.39 Å². The first-order chi connectivity index (χ1) is 11.0. The number of carbonyl (C=O) groups is 2. The highest BCUT2D eigenvalue weighted by atomic mass is 35.5. The van der Waals surface area contributed by atoms with E-state index in [-0.39, 0.29) is 22.5 Å². The zero-order valence-corrected chi connectivity index (χ0v) is 13.0. The van der Waals surface area contributed by atoms with Gasteiger partial charge in [-0.25, -0.2) is 9.37 Å². The van der Waals surface area contributed by atoms with Crippen LogP contribution in [0.2, 0.25) is 10.2 Å². The molecule has 0 aliphatic rings. The monoisotopic (exact) mass is 357 g/mol. The molecule has 2 rings (SSSR count). The largest absolute Gasteiger partial charge is 0.484 e. The number of pyridine rings is 1. The van der Waals surface area contributed by atoms with Crippen molar-refractivity contribution in [3.8, 4) is 5.75 Å². The number of hydrazine groups is 1. The summed E-state index contributed by atoms with van der Waals surface area (Å²) in [5.74, 6) is -1.46. The van der Waals surface area contributed by atoms with Crippen molar-refractivity contribution >= 4 is 35.0 Å². The van der Waals surface area contributed by atoms with Gasteiger partial charge < -0.3 is 4.74 Å². The Morgan fingerprint density at radius 1 is 1.09 bits per heavy atom. The van der Waals surface area contributed by atoms with Gasteiger partial charge in [-0.3, -0.25) is 20.4 Å². The lowest BCUT2D eigenvalue weighted by Crippen LogP contribution is -2.44. The van der Waals surface area contributed by atoms with Gasteiger partial charge in [-0.1, -0.05) is 23.2 Å². The molecule has 0 unspecified atom stereocenters. The first-order valence-electron chi connectivity index (χ1n) is 6.25. The molecule has 6 nitrogen and oxygen atoms in total. The van der Waals surface area contributed by atoms with Gasteiger partial charge in [0, 0.05) is 0 Å². The molecule has 9 heteroatoms. The molecule has 2 N–H and O–H groups in total. The van der Waals surface area contributed by atoms with Crippen molar-refractivity contribution in [2.45, 2.75) is 0 Å². The van der Waals surface area contributed by atoms with E-state index in [0.29, 0.717) is 5.75 Å². The van der Waals surface area contributed by atoms with Gasteiger partial charge in [-0.15, -0.1) is 0 Å². The average Bonchev–Trinajstić information content (AvgIpc) is 2.54. The molecule has 0 atom stereocenters. The second-order valence-electron chi connectivity index (χ2n) is 4.21. The minimum Gasteiger partial charge on any atom is -0.484 e. The molecule has 1 heterocycles. The fraction of sp³-hybridized carbons (Fsp3) is 0.0714. The molecule has 0 aliphatic heterocycles. The lowest BCUT2D eigenvalue weighted by Gasteiger charge is -2.09. The quantitative estimate of drug-likeness (QED) is 0.650. The highest BCUT2D eigenvalue weighted by Gasteiger charge is 2.14. The molecule has 0 saturated carbocycles. The van der Waals surface area contributed by atoms with Crippen molar-refractivity contribution < 1.29 is 18.7 Å². The predicted molar refractivity (Wildman–Crippen MR) is 81.8 cm³/mol. The van der Waals surface area contributed by atoms with E-state index in [4.69, 9.17) is 27.9 Å². The summed E-state index contributed by atoms with van der Waals surface area (Å²) in [7, 11) is 0. The van der Waals surface area contributed by atoms with E-state index < -0.39 is 17.6 Å². The Labute approximate surface area is 140 Å². The van der Waals surface area contributed by atoms with E-state index in [1.54, 1.807) is 0 Å². The van der Waals surface area contributed by atoms with Crippen molar-refractivity contribution in [2.75, 3.05) is 6.61 Å². The van der Waals surface area contributed by atoms with Crippen molar-refractivity contribution in [3.05, 3.63) is 58.1 Å². The highest BCUT2D eigenvalue weighted by Crippen LogP contribution is 2.16. The lowest BCUT2D eigenvalue weighted by molar-refractivity contribution is -0.123. The van der Waals surface area contributed by atoms with E-state index in [9.17, 15) is 14.0 Å². The molecule has 23 heavy (non-hydrogen) atoms. The summed E-state index contributed by atoms with van der Waals surface area (Å²) < 4.78 is 17.8. The third-order valence-corrected chi connectivity index (χ3v) is 3.04. The van der Waals surface area contributed by atoms with E-state index in [1.165, 1.54) is 36.4 Å². The third-order valence-electron chi connectivity index (χ3n) is 2.53. The highest BCUT2D eigenvalue weighted by molar-refractivity contribution is 6.34. The number of halogens is 3. The molecular formula is C14H10Cl2FN3O3. The van der Waals surface area contributed by atoms with Crippen LogP contribution in [0.5, 0.6) is 5.75 Å². The number of ether oxygens (including phenoxy) is 1. The van der Waals surface area contributed by atoms with Gasteiger partial charge in [-0.05, 0) is 36.4 Å². The minimum absolute atomic E-state index is 0.0868. The maximum Gasteiger partial charge on any atom is 0.289 e. The summed E-state index contributed by atoms with van der Waals surface area (Å²) in [6.07, 6.45) is 0. The second-order valence-corrected chi connectivity index (χ2v) is 5.00. The van der Waals surface area contributed by atoms with Crippen molar-refractivity contribution in [2.24, 2.45) is 0 Å². The number of benzene rings is 1. The van der Waals surface area contributed by atoms with Crippen LogP contribution in [0.15, 0.2) is 36.4 Å². The second kappa shape index (κ2) is 7.75. The Hall–Kier alpha value is -2.38. The summed E-state index contributed by atoms with van der Waals surface area (Å²) in [5.41, 5.74) is 4.13. The van der Waals surface area contributed by atoms with Crippen molar-refractivity contribution in [1.29, 1.82) is 0 Å². The van der Waals surface area contributed by atoms with Crippen LogP contribution in [-0.2, 0) is 4.79 Å². The van der Waals surface area contributed by atoms with Gasteiger partial charge in [-0.2, -0.15) is 0 Å². The van der Waals surface area contributed by atoms with E-state index >= 15 is 0 Å². The molecule has 2 aromatic rings. The Balaban J connectivity index is 1.83. The van der Waals surface area contributed by atoms with E-state index in [0.717, 1.165) is 0 Å². The fourth-order valence-corrected chi connectivity index (χ4v) is 1.82. The first kappa shape index (κ1) is 17.0. The van der Waals surface area contributed by atoms with Gasteiger partial charge in [0.2, 0.25) is 0 Å². The van der Waals surface area contributed by atoms with Crippen LogP contribution in [-0.4, -0.2) is 23.4 Å². The molecule has 1 aromatic carbocycles. The van der Waals surface area contributed by atoms with E-state index in [1.807, 2.05) is 0 Å². The van der Waals surface area contributed by atoms with Gasteiger partial charge in [0.15, 0.2) is 6.61 Å². The zero-order valence-electron chi connectivity index (χ0n) is 11.5. The maximum atomic E-state index is 12.7. The fourth-order valence-electron chi connectivity index (χ4n) is 1.48. The SMILES string of the molecule is O=C(COc1ccc(F)cc1)NNC(=O)c1nc(Cl)ccc1Cl. The van der Waals surface area contributed by atoms with Crippen LogP contribution in [0.25, 0.3) is 0 Å². The Morgan fingerprint density at radius 2 is 1.78 bits per heavy atom. The Kier molecular flexibility index (Phi) is 5.72. The molecule has 0 radical (unpaired) electrons. The van der Waals surface area contributed by atoms with Gasteiger partial charge in [0.05, 0.1) is 5.02 Å². The number of hydrogen-bond acceptors (Lipinski definition) is 4. The summed E-state index contributed by atoms with van der Waals surface area (Å²) in [6, 6.07) is 7.97. The molecule has 0 bridgehead atoms. The molecule has 0 fully saturated rings. The number of amides is 2. The maximum absolute atomic E-state index is 12.7. The van der Waals surface area contributed by atoms with Gasteiger partial charge >= 0.3 is 0 Å². The Bertz CT molecular complexity index is 726. The average molecular weight is 358 g/mol. The van der Waals surface area contributed by atoms with Crippen molar-refractivity contribution in [1.82, 2.24) is 15.8 Å². The molecule has 120 valence electrons. The number of carbonyl (C=O) groups excluding carboxylic acids is 2. The summed E-state index contributed by atoms with van der Waals surface area (Å²) in [4.78, 5) is 27.1. The zero-order chi connectivity index (χ0) is 16.8. The standard InChI is InChI=1S/C14H10Cl2FN3O3/c15-10-5-6-11(16)18-13(10)14(22)20-19-12(21)7-23-9-3-1-8(17)2-4-9/h1-6H,7H2,(H,19,21)(H,20,22). The predicted octanol–water partition coefficient (Wildman–Crippen LogP) is 2.37.